The highest BCUT2D eigenvalue weighted by atomic mass is 19.3. The van der Waals surface area contributed by atoms with Gasteiger partial charge in [-0.3, -0.25) is 14.4 Å². The number of nitrogens with zero attached hydrogens (tertiary/aromatic N) is 5. The van der Waals surface area contributed by atoms with Crippen LogP contribution in [0.3, 0.4) is 0 Å². The quantitative estimate of drug-likeness (QED) is 0.477. The molecule has 0 saturated carbocycles. The van der Waals surface area contributed by atoms with Gasteiger partial charge in [-0.05, 0) is 24.6 Å². The van der Waals surface area contributed by atoms with Crippen molar-refractivity contribution in [2.24, 2.45) is 7.05 Å². The highest BCUT2D eigenvalue weighted by molar-refractivity contribution is 5.81. The topological polar surface area (TPSA) is 114 Å². The van der Waals surface area contributed by atoms with E-state index in [4.69, 9.17) is 0 Å². The van der Waals surface area contributed by atoms with Gasteiger partial charge in [-0.25, -0.2) is 13.8 Å². The molecular weight excluding hydrogens is 472 g/mol. The molecule has 1 aromatic carbocycles. The number of anilines is 3. The van der Waals surface area contributed by atoms with Crippen LogP contribution in [0.2, 0.25) is 0 Å². The molecule has 0 unspecified atom stereocenters. The number of alkyl halides is 2. The van der Waals surface area contributed by atoms with Crippen LogP contribution in [-0.4, -0.2) is 51.1 Å². The number of benzene rings is 1. The minimum Gasteiger partial charge on any atom is -0.359 e. The summed E-state index contributed by atoms with van der Waals surface area (Å²) in [4.78, 5) is 47.7. The van der Waals surface area contributed by atoms with E-state index in [1.807, 2.05) is 6.92 Å². The summed E-state index contributed by atoms with van der Waals surface area (Å²) in [5, 5.41) is 5.77. The molecular formula is C24H29F2N7O3. The van der Waals surface area contributed by atoms with Gasteiger partial charge in [-0.2, -0.15) is 4.98 Å². The molecule has 0 bridgehead atoms. The highest BCUT2D eigenvalue weighted by Gasteiger charge is 2.34. The molecule has 4 rings (SSSR count). The van der Waals surface area contributed by atoms with Crippen molar-refractivity contribution in [1.82, 2.24) is 24.4 Å². The van der Waals surface area contributed by atoms with Crippen molar-refractivity contribution in [2.75, 3.05) is 30.4 Å². The minimum absolute atomic E-state index is 0.0421. The number of hydrogen-bond donors (Lipinski definition) is 2. The normalized spacial score (nSPS) is 15.2. The van der Waals surface area contributed by atoms with E-state index in [2.05, 4.69) is 20.6 Å². The fourth-order valence-electron chi connectivity index (χ4n) is 4.23. The van der Waals surface area contributed by atoms with E-state index in [-0.39, 0.29) is 44.8 Å². The van der Waals surface area contributed by atoms with Crippen LogP contribution in [0.15, 0.2) is 34.0 Å². The fourth-order valence-corrected chi connectivity index (χ4v) is 4.23. The number of nitrogens with one attached hydrogen (secondary N) is 2. The van der Waals surface area contributed by atoms with Crippen molar-refractivity contribution in [3.8, 4) is 0 Å². The van der Waals surface area contributed by atoms with Gasteiger partial charge in [0.25, 0.3) is 5.92 Å². The van der Waals surface area contributed by atoms with E-state index in [1.54, 1.807) is 29.3 Å². The first kappa shape index (κ1) is 25.3. The summed E-state index contributed by atoms with van der Waals surface area (Å²) < 4.78 is 29.8. The van der Waals surface area contributed by atoms with Crippen LogP contribution in [0.25, 0.3) is 11.0 Å². The SMILES string of the molecule is CCc1cnc(N2CCC(F)(F)CC2)nc1Nc1ccc2c(c1)n(CCC(=O)NC)c(=O)c(=O)n2C. The molecule has 36 heavy (non-hydrogen) atoms. The summed E-state index contributed by atoms with van der Waals surface area (Å²) in [6, 6.07) is 5.20. The molecule has 1 saturated heterocycles. The zero-order chi connectivity index (χ0) is 26.0. The van der Waals surface area contributed by atoms with Crippen molar-refractivity contribution >= 4 is 34.4 Å². The first-order chi connectivity index (χ1) is 17.1. The lowest BCUT2D eigenvalue weighted by molar-refractivity contribution is -0.120. The standard InChI is InChI=1S/C24H29F2N7O3/c1-4-15-14-28-23(32-11-8-24(25,26)9-12-32)30-20(15)29-16-5-6-17-18(13-16)33(10-7-19(34)27-2)22(36)21(35)31(17)3/h5-6,13-14H,4,7-12H2,1-3H3,(H,27,34)(H,28,29,30). The van der Waals surface area contributed by atoms with E-state index >= 15 is 0 Å². The third-order valence-electron chi connectivity index (χ3n) is 6.47. The monoisotopic (exact) mass is 501 g/mol. The molecule has 2 aromatic heterocycles. The number of aryl methyl sites for hydroxylation is 3. The van der Waals surface area contributed by atoms with Crippen LogP contribution in [0.4, 0.5) is 26.2 Å². The first-order valence-electron chi connectivity index (χ1n) is 11.8. The molecule has 1 amide bonds. The molecule has 3 aromatic rings. The van der Waals surface area contributed by atoms with Crippen LogP contribution < -0.4 is 26.7 Å². The summed E-state index contributed by atoms with van der Waals surface area (Å²) >= 11 is 0. The zero-order valence-electron chi connectivity index (χ0n) is 20.5. The number of carbonyl (C=O) groups excluding carboxylic acids is 1. The molecule has 12 heteroatoms. The van der Waals surface area contributed by atoms with Gasteiger partial charge in [0.05, 0.1) is 11.0 Å². The third-order valence-corrected chi connectivity index (χ3v) is 6.47. The van der Waals surface area contributed by atoms with Gasteiger partial charge in [-0.1, -0.05) is 6.92 Å². The number of piperidine rings is 1. The number of amides is 1. The maximum absolute atomic E-state index is 13.6. The summed E-state index contributed by atoms with van der Waals surface area (Å²) in [5.74, 6) is -2.01. The molecule has 1 aliphatic rings. The lowest BCUT2D eigenvalue weighted by Gasteiger charge is -2.32. The van der Waals surface area contributed by atoms with Crippen LogP contribution in [0, 0.1) is 0 Å². The zero-order valence-corrected chi connectivity index (χ0v) is 20.5. The van der Waals surface area contributed by atoms with Crippen molar-refractivity contribution in [3.63, 3.8) is 0 Å². The molecule has 10 nitrogen and oxygen atoms in total. The second-order valence-electron chi connectivity index (χ2n) is 8.81. The Kier molecular flexibility index (Phi) is 7.04. The second-order valence-corrected chi connectivity index (χ2v) is 8.81. The number of halogens is 2. The van der Waals surface area contributed by atoms with Gasteiger partial charge >= 0.3 is 11.1 Å². The van der Waals surface area contributed by atoms with Crippen LogP contribution in [0.1, 0.15) is 31.7 Å². The van der Waals surface area contributed by atoms with Crippen LogP contribution in [0.5, 0.6) is 0 Å². The van der Waals surface area contributed by atoms with Crippen LogP contribution in [-0.2, 0) is 24.8 Å². The predicted molar refractivity (Wildman–Crippen MR) is 133 cm³/mol. The summed E-state index contributed by atoms with van der Waals surface area (Å²) in [5.41, 5.74) is 1.07. The third kappa shape index (κ3) is 5.07. The predicted octanol–water partition coefficient (Wildman–Crippen LogP) is 2.17. The van der Waals surface area contributed by atoms with E-state index in [9.17, 15) is 23.2 Å². The molecule has 0 atom stereocenters. The smallest absolute Gasteiger partial charge is 0.316 e. The number of aromatic nitrogens is 4. The van der Waals surface area contributed by atoms with E-state index in [1.165, 1.54) is 23.2 Å². The molecule has 2 N–H and O–H groups in total. The Balaban J connectivity index is 1.71. The number of fused-ring (bicyclic) bond motifs is 1. The fraction of sp³-hybridized carbons (Fsp3) is 0.458. The van der Waals surface area contributed by atoms with Gasteiger partial charge < -0.3 is 24.7 Å². The summed E-state index contributed by atoms with van der Waals surface area (Å²) in [7, 11) is 3.03. The van der Waals surface area contributed by atoms with Crippen molar-refractivity contribution < 1.29 is 13.6 Å². The van der Waals surface area contributed by atoms with E-state index in [0.29, 0.717) is 34.9 Å². The van der Waals surface area contributed by atoms with Gasteiger partial charge in [-0.15, -0.1) is 0 Å². The lowest BCUT2D eigenvalue weighted by Crippen LogP contribution is -2.41. The van der Waals surface area contributed by atoms with Crippen molar-refractivity contribution in [3.05, 3.63) is 50.7 Å². The number of hydrogen-bond acceptors (Lipinski definition) is 7. The molecule has 0 spiro atoms. The number of carbonyl (C=O) groups is 1. The summed E-state index contributed by atoms with van der Waals surface area (Å²) in [6.07, 6.45) is 1.87. The Hall–Kier alpha value is -3.83. The van der Waals surface area contributed by atoms with Gasteiger partial charge in [0.1, 0.15) is 5.82 Å². The molecule has 192 valence electrons. The van der Waals surface area contributed by atoms with Crippen LogP contribution >= 0.6 is 0 Å². The molecule has 0 aliphatic carbocycles. The highest BCUT2D eigenvalue weighted by Crippen LogP contribution is 2.30. The Morgan fingerprint density at radius 3 is 2.53 bits per heavy atom. The molecule has 1 fully saturated rings. The average molecular weight is 502 g/mol. The number of rotatable bonds is 7. The first-order valence-corrected chi connectivity index (χ1v) is 11.8. The minimum atomic E-state index is -2.67. The Morgan fingerprint density at radius 1 is 1.14 bits per heavy atom. The molecule has 0 radical (unpaired) electrons. The molecule has 1 aliphatic heterocycles. The van der Waals surface area contributed by atoms with Gasteiger partial charge in [0.15, 0.2) is 0 Å². The summed E-state index contributed by atoms with van der Waals surface area (Å²) in [6.45, 7) is 2.34. The van der Waals surface area contributed by atoms with E-state index < -0.39 is 17.0 Å². The van der Waals surface area contributed by atoms with Crippen molar-refractivity contribution in [1.29, 1.82) is 0 Å². The van der Waals surface area contributed by atoms with E-state index in [0.717, 1.165) is 5.56 Å². The average Bonchev–Trinajstić information content (AvgIpc) is 2.87. The lowest BCUT2D eigenvalue weighted by atomic mass is 10.1. The second kappa shape index (κ2) is 10.0. The Labute approximate surface area is 206 Å². The largest absolute Gasteiger partial charge is 0.359 e. The van der Waals surface area contributed by atoms with Gasteiger partial charge in [0.2, 0.25) is 11.9 Å². The maximum atomic E-state index is 13.6. The maximum Gasteiger partial charge on any atom is 0.316 e. The van der Waals surface area contributed by atoms with Crippen molar-refractivity contribution in [2.45, 2.75) is 45.1 Å². The Bertz CT molecular complexity index is 1410. The molecule has 3 heterocycles. The van der Waals surface area contributed by atoms with Gasteiger partial charge in [0, 0.05) is 70.4 Å². The Morgan fingerprint density at radius 2 is 1.86 bits per heavy atom.